The quantitative estimate of drug-likeness (QED) is 0.485. The highest BCUT2D eigenvalue weighted by Gasteiger charge is 2.27. The maximum absolute atomic E-state index is 2.49. The Hall–Kier alpha value is -0.260. The smallest absolute Gasteiger partial charge is 0.0289 e. The Morgan fingerprint density at radius 2 is 1.53 bits per heavy atom. The minimum atomic E-state index is 0.982. The van der Waals surface area contributed by atoms with Crippen molar-refractivity contribution >= 4 is 0 Å². The molecule has 3 aliphatic rings. The van der Waals surface area contributed by atoms with Crippen LogP contribution in [0.2, 0.25) is 0 Å². The third-order valence-corrected chi connectivity index (χ3v) is 5.57. The summed E-state index contributed by atoms with van der Waals surface area (Å²) in [6, 6.07) is 0. The Kier molecular flexibility index (Phi) is 3.59. The van der Waals surface area contributed by atoms with E-state index < -0.39 is 0 Å². The predicted molar refractivity (Wildman–Crippen MR) is 74.0 cm³/mol. The molecule has 0 heteroatoms. The van der Waals surface area contributed by atoms with Crippen LogP contribution < -0.4 is 0 Å². The van der Waals surface area contributed by atoms with Crippen LogP contribution in [-0.2, 0) is 0 Å². The highest BCUT2D eigenvalue weighted by atomic mass is 14.3. The van der Waals surface area contributed by atoms with E-state index in [9.17, 15) is 0 Å². The second kappa shape index (κ2) is 5.16. The number of fused-ring (bicyclic) bond motifs is 2. The highest BCUT2D eigenvalue weighted by molar-refractivity contribution is 5.18. The van der Waals surface area contributed by atoms with Crippen LogP contribution in [0.1, 0.15) is 77.6 Å². The molecule has 3 rings (SSSR count). The zero-order valence-corrected chi connectivity index (χ0v) is 11.5. The van der Waals surface area contributed by atoms with Gasteiger partial charge >= 0.3 is 0 Å². The molecule has 0 radical (unpaired) electrons. The van der Waals surface area contributed by atoms with Crippen LogP contribution in [0, 0.1) is 17.8 Å². The van der Waals surface area contributed by atoms with Crippen molar-refractivity contribution in [1.29, 1.82) is 0 Å². The van der Waals surface area contributed by atoms with Crippen LogP contribution in [0.5, 0.6) is 0 Å². The van der Waals surface area contributed by atoms with Crippen molar-refractivity contribution in [3.05, 3.63) is 11.1 Å². The van der Waals surface area contributed by atoms with Crippen molar-refractivity contribution in [1.82, 2.24) is 0 Å². The van der Waals surface area contributed by atoms with Gasteiger partial charge in [-0.05, 0) is 75.5 Å². The summed E-state index contributed by atoms with van der Waals surface area (Å²) in [5.74, 6) is 3.07. The van der Waals surface area contributed by atoms with Crippen LogP contribution in [0.3, 0.4) is 0 Å². The molecular weight excluding hydrogens is 204 g/mol. The molecule has 0 aromatic heterocycles. The lowest BCUT2D eigenvalue weighted by Gasteiger charge is -2.35. The van der Waals surface area contributed by atoms with Crippen molar-refractivity contribution < 1.29 is 0 Å². The number of allylic oxidation sites excluding steroid dienone is 2. The molecule has 3 unspecified atom stereocenters. The number of hydrogen-bond donors (Lipinski definition) is 0. The molecule has 3 atom stereocenters. The molecule has 17 heavy (non-hydrogen) atoms. The maximum Gasteiger partial charge on any atom is -0.0289 e. The van der Waals surface area contributed by atoms with Crippen molar-refractivity contribution in [3.63, 3.8) is 0 Å². The predicted octanol–water partition coefficient (Wildman–Crippen LogP) is 5.48. The van der Waals surface area contributed by atoms with Gasteiger partial charge < -0.3 is 0 Å². The fraction of sp³-hybridized carbons (Fsp3) is 0.882. The molecule has 0 saturated carbocycles. The molecule has 0 aromatic rings. The van der Waals surface area contributed by atoms with Crippen LogP contribution in [0.4, 0.5) is 0 Å². The summed E-state index contributed by atoms with van der Waals surface area (Å²) in [5, 5.41) is 0. The van der Waals surface area contributed by atoms with Gasteiger partial charge in [-0.3, -0.25) is 0 Å². The average molecular weight is 232 g/mol. The highest BCUT2D eigenvalue weighted by Crippen LogP contribution is 2.42. The minimum Gasteiger partial charge on any atom is -0.0707 e. The molecule has 0 amide bonds. The van der Waals surface area contributed by atoms with Gasteiger partial charge in [0.25, 0.3) is 0 Å². The van der Waals surface area contributed by atoms with E-state index in [0.29, 0.717) is 0 Å². The Morgan fingerprint density at radius 1 is 0.765 bits per heavy atom. The Balaban J connectivity index is 1.90. The molecule has 3 aliphatic carbocycles. The third-order valence-electron chi connectivity index (χ3n) is 5.57. The van der Waals surface area contributed by atoms with E-state index in [1.54, 1.807) is 0 Å². The molecule has 0 saturated heterocycles. The summed E-state index contributed by atoms with van der Waals surface area (Å²) >= 11 is 0. The molecular formula is C17H28. The van der Waals surface area contributed by atoms with E-state index in [1.165, 1.54) is 70.6 Å². The molecule has 0 spiro atoms. The fourth-order valence-electron chi connectivity index (χ4n) is 4.55. The molecule has 0 fully saturated rings. The van der Waals surface area contributed by atoms with E-state index in [0.717, 1.165) is 17.8 Å². The maximum atomic E-state index is 2.49. The van der Waals surface area contributed by atoms with Crippen LogP contribution in [0.15, 0.2) is 11.1 Å². The summed E-state index contributed by atoms with van der Waals surface area (Å²) in [6.07, 6.45) is 16.4. The lowest BCUT2D eigenvalue weighted by Crippen LogP contribution is -2.20. The lowest BCUT2D eigenvalue weighted by atomic mass is 9.71. The molecule has 4 bridgehead atoms. The Morgan fingerprint density at radius 3 is 2.47 bits per heavy atom. The molecule has 0 N–H and O–H groups in total. The lowest BCUT2D eigenvalue weighted by molar-refractivity contribution is 0.271. The largest absolute Gasteiger partial charge is 0.0707 e. The van der Waals surface area contributed by atoms with E-state index in [4.69, 9.17) is 0 Å². The van der Waals surface area contributed by atoms with Crippen molar-refractivity contribution in [3.8, 4) is 0 Å². The van der Waals surface area contributed by atoms with Crippen molar-refractivity contribution in [2.75, 3.05) is 0 Å². The number of rotatable bonds is 0. The zero-order valence-electron chi connectivity index (χ0n) is 11.5. The van der Waals surface area contributed by atoms with Gasteiger partial charge in [0, 0.05) is 0 Å². The van der Waals surface area contributed by atoms with E-state index >= 15 is 0 Å². The second-order valence-electron chi connectivity index (χ2n) is 7.05. The van der Waals surface area contributed by atoms with Crippen molar-refractivity contribution in [2.24, 2.45) is 17.8 Å². The first-order chi connectivity index (χ1) is 8.31. The van der Waals surface area contributed by atoms with E-state index in [1.807, 2.05) is 11.1 Å². The summed E-state index contributed by atoms with van der Waals surface area (Å²) in [7, 11) is 0. The van der Waals surface area contributed by atoms with Gasteiger partial charge in [0.2, 0.25) is 0 Å². The van der Waals surface area contributed by atoms with E-state index in [2.05, 4.69) is 6.92 Å². The van der Waals surface area contributed by atoms with Gasteiger partial charge in [0.15, 0.2) is 0 Å². The fourth-order valence-corrected chi connectivity index (χ4v) is 4.55. The van der Waals surface area contributed by atoms with Gasteiger partial charge in [-0.2, -0.15) is 0 Å². The first-order valence-corrected chi connectivity index (χ1v) is 8.01. The first-order valence-electron chi connectivity index (χ1n) is 8.01. The first kappa shape index (κ1) is 11.8. The van der Waals surface area contributed by atoms with Gasteiger partial charge in [-0.25, -0.2) is 0 Å². The number of hydrogen-bond acceptors (Lipinski definition) is 0. The SMILES string of the molecule is CC1CCC2=C3CCCCC(CCC(C3)C1)C2. The zero-order chi connectivity index (χ0) is 11.7. The monoisotopic (exact) mass is 232 g/mol. The third kappa shape index (κ3) is 2.77. The molecule has 96 valence electrons. The van der Waals surface area contributed by atoms with Gasteiger partial charge in [-0.15, -0.1) is 0 Å². The summed E-state index contributed by atoms with van der Waals surface area (Å²) in [4.78, 5) is 0. The molecule has 0 heterocycles. The average Bonchev–Trinajstić information content (AvgIpc) is 2.28. The Labute approximate surface area is 107 Å². The van der Waals surface area contributed by atoms with Crippen LogP contribution >= 0.6 is 0 Å². The summed E-state index contributed by atoms with van der Waals surface area (Å²) < 4.78 is 0. The minimum absolute atomic E-state index is 0.982. The van der Waals surface area contributed by atoms with Gasteiger partial charge in [0.05, 0.1) is 0 Å². The van der Waals surface area contributed by atoms with Crippen LogP contribution in [-0.4, -0.2) is 0 Å². The standard InChI is InChI=1S/C17H28/c1-13-6-9-17-11-14-4-2-3-5-16(17)12-15(10-13)8-7-14/h13-15H,2-12H2,1H3. The van der Waals surface area contributed by atoms with Crippen LogP contribution in [0.25, 0.3) is 0 Å². The molecule has 0 nitrogen and oxygen atoms in total. The Bertz CT molecular complexity index is 299. The normalized spacial score (nSPS) is 39.0. The summed E-state index contributed by atoms with van der Waals surface area (Å²) in [6.45, 7) is 2.49. The molecule has 0 aliphatic heterocycles. The second-order valence-corrected chi connectivity index (χ2v) is 7.05. The topological polar surface area (TPSA) is 0 Å². The van der Waals surface area contributed by atoms with E-state index in [-0.39, 0.29) is 0 Å². The van der Waals surface area contributed by atoms with Gasteiger partial charge in [0.1, 0.15) is 0 Å². The van der Waals surface area contributed by atoms with Gasteiger partial charge in [-0.1, -0.05) is 30.9 Å². The van der Waals surface area contributed by atoms with Crippen molar-refractivity contribution in [2.45, 2.75) is 77.6 Å². The molecule has 0 aromatic carbocycles. The summed E-state index contributed by atoms with van der Waals surface area (Å²) in [5.41, 5.74) is 3.84.